The Morgan fingerprint density at radius 1 is 1.47 bits per heavy atom. The lowest BCUT2D eigenvalue weighted by molar-refractivity contribution is -0.384. The van der Waals surface area contributed by atoms with Crippen LogP contribution in [0, 0.1) is 21.4 Å². The van der Waals surface area contributed by atoms with Crippen molar-refractivity contribution in [2.45, 2.75) is 6.92 Å². The van der Waals surface area contributed by atoms with Crippen molar-refractivity contribution in [3.63, 3.8) is 0 Å². The van der Waals surface area contributed by atoms with Crippen LogP contribution in [-0.4, -0.2) is 22.6 Å². The molecule has 1 rings (SSSR count). The number of ether oxygens (including phenoxy) is 1. The molecule has 1 aromatic rings. The van der Waals surface area contributed by atoms with Gasteiger partial charge < -0.3 is 9.84 Å². The first-order valence-corrected chi connectivity index (χ1v) is 5.26. The first kappa shape index (κ1) is 14.2. The maximum atomic E-state index is 11.4. The van der Waals surface area contributed by atoms with Gasteiger partial charge in [0, 0.05) is 17.7 Å². The first-order valence-electron chi connectivity index (χ1n) is 5.26. The van der Waals surface area contributed by atoms with E-state index in [-0.39, 0.29) is 17.9 Å². The molecule has 0 aromatic heterocycles. The Balaban J connectivity index is 3.16. The van der Waals surface area contributed by atoms with E-state index in [1.165, 1.54) is 12.1 Å². The number of benzene rings is 1. The monoisotopic (exact) mass is 262 g/mol. The van der Waals surface area contributed by atoms with E-state index in [1.807, 2.05) is 0 Å². The summed E-state index contributed by atoms with van der Waals surface area (Å²) in [6.45, 7) is 1.63. The van der Waals surface area contributed by atoms with Crippen molar-refractivity contribution in [3.8, 4) is 6.07 Å². The average molecular weight is 262 g/mol. The molecule has 0 atom stereocenters. The first-order chi connectivity index (χ1) is 9.01. The maximum absolute atomic E-state index is 11.4. The molecular formula is C12H10N2O5. The standard InChI is InChI=1S/C12H10N2O5/c1-2-19-12(16)10(7-13)11(15)8-3-5-9(6-4-8)14(17)18/h3-6,15H,2H2,1H3/b11-10-. The third kappa shape index (κ3) is 3.29. The molecule has 98 valence electrons. The van der Waals surface area contributed by atoms with Gasteiger partial charge in [-0.3, -0.25) is 10.1 Å². The lowest BCUT2D eigenvalue weighted by Crippen LogP contribution is -2.08. The number of rotatable bonds is 4. The van der Waals surface area contributed by atoms with Crippen molar-refractivity contribution < 1.29 is 19.6 Å². The average Bonchev–Trinajstić information content (AvgIpc) is 2.39. The molecule has 19 heavy (non-hydrogen) atoms. The number of carbonyl (C=O) groups is 1. The van der Waals surface area contributed by atoms with Gasteiger partial charge in [-0.1, -0.05) is 0 Å². The number of aliphatic hydroxyl groups is 1. The van der Waals surface area contributed by atoms with E-state index < -0.39 is 22.2 Å². The number of hydrogen-bond acceptors (Lipinski definition) is 6. The molecule has 0 heterocycles. The summed E-state index contributed by atoms with van der Waals surface area (Å²) in [5.74, 6) is -1.52. The molecule has 7 heteroatoms. The molecule has 0 aliphatic carbocycles. The Kier molecular flexibility index (Phi) is 4.60. The van der Waals surface area contributed by atoms with Crippen molar-refractivity contribution in [1.82, 2.24) is 0 Å². The zero-order valence-electron chi connectivity index (χ0n) is 9.99. The Morgan fingerprint density at radius 2 is 2.05 bits per heavy atom. The van der Waals surface area contributed by atoms with Gasteiger partial charge in [0.25, 0.3) is 5.69 Å². The highest BCUT2D eigenvalue weighted by atomic mass is 16.6. The van der Waals surface area contributed by atoms with Crippen LogP contribution in [0.2, 0.25) is 0 Å². The molecule has 0 aliphatic heterocycles. The number of non-ortho nitro benzene ring substituents is 1. The van der Waals surface area contributed by atoms with Gasteiger partial charge in [0.1, 0.15) is 11.8 Å². The number of nitrogens with zero attached hydrogens (tertiary/aromatic N) is 2. The number of carbonyl (C=O) groups excluding carboxylic acids is 1. The summed E-state index contributed by atoms with van der Waals surface area (Å²) in [7, 11) is 0. The van der Waals surface area contributed by atoms with Crippen LogP contribution >= 0.6 is 0 Å². The van der Waals surface area contributed by atoms with Crippen molar-refractivity contribution in [3.05, 3.63) is 45.5 Å². The molecule has 0 saturated heterocycles. The van der Waals surface area contributed by atoms with E-state index in [2.05, 4.69) is 4.74 Å². The normalized spacial score (nSPS) is 11.2. The number of nitro groups is 1. The van der Waals surface area contributed by atoms with Crippen molar-refractivity contribution >= 4 is 17.4 Å². The quantitative estimate of drug-likeness (QED) is 0.221. The third-order valence-corrected chi connectivity index (χ3v) is 2.18. The second-order valence-electron chi connectivity index (χ2n) is 3.36. The van der Waals surface area contributed by atoms with Gasteiger partial charge in [-0.2, -0.15) is 5.26 Å². The maximum Gasteiger partial charge on any atom is 0.352 e. The summed E-state index contributed by atoms with van der Waals surface area (Å²) in [5.41, 5.74) is -0.586. The number of hydrogen-bond donors (Lipinski definition) is 1. The lowest BCUT2D eigenvalue weighted by Gasteiger charge is -2.04. The minimum Gasteiger partial charge on any atom is -0.506 e. The zero-order valence-corrected chi connectivity index (χ0v) is 9.99. The number of nitriles is 1. The predicted octanol–water partition coefficient (Wildman–Crippen LogP) is 1.95. The van der Waals surface area contributed by atoms with E-state index in [0.29, 0.717) is 0 Å². The third-order valence-electron chi connectivity index (χ3n) is 2.18. The Labute approximate surface area is 108 Å². The fraction of sp³-hybridized carbons (Fsp3) is 0.167. The van der Waals surface area contributed by atoms with Crippen LogP contribution in [0.25, 0.3) is 5.76 Å². The van der Waals surface area contributed by atoms with Crippen LogP contribution < -0.4 is 0 Å². The second-order valence-corrected chi connectivity index (χ2v) is 3.36. The Hall–Kier alpha value is -2.88. The van der Waals surface area contributed by atoms with Crippen LogP contribution in [0.5, 0.6) is 0 Å². The number of nitro benzene ring substituents is 1. The lowest BCUT2D eigenvalue weighted by atomic mass is 10.1. The molecule has 1 N–H and O–H groups in total. The van der Waals surface area contributed by atoms with Gasteiger partial charge in [-0.05, 0) is 19.1 Å². The van der Waals surface area contributed by atoms with Crippen LogP contribution in [0.3, 0.4) is 0 Å². The summed E-state index contributed by atoms with van der Waals surface area (Å²) in [4.78, 5) is 21.3. The topological polar surface area (TPSA) is 113 Å². The molecule has 0 radical (unpaired) electrons. The van der Waals surface area contributed by atoms with E-state index in [0.717, 1.165) is 12.1 Å². The SMILES string of the molecule is CCOC(=O)/C(C#N)=C(\O)c1ccc([N+](=O)[O-])cc1. The van der Waals surface area contributed by atoms with Gasteiger partial charge in [-0.25, -0.2) is 4.79 Å². The summed E-state index contributed by atoms with van der Waals surface area (Å²) < 4.78 is 4.61. The fourth-order valence-corrected chi connectivity index (χ4v) is 1.28. The highest BCUT2D eigenvalue weighted by Gasteiger charge is 2.18. The molecule has 7 nitrogen and oxygen atoms in total. The molecule has 0 spiro atoms. The molecule has 0 unspecified atom stereocenters. The van der Waals surface area contributed by atoms with E-state index in [1.54, 1.807) is 13.0 Å². The van der Waals surface area contributed by atoms with Gasteiger partial charge in [-0.15, -0.1) is 0 Å². The van der Waals surface area contributed by atoms with Gasteiger partial charge in [0.2, 0.25) is 0 Å². The molecule has 0 aliphatic rings. The summed E-state index contributed by atoms with van der Waals surface area (Å²) in [5, 5.41) is 29.1. The van der Waals surface area contributed by atoms with Gasteiger partial charge >= 0.3 is 5.97 Å². The highest BCUT2D eigenvalue weighted by Crippen LogP contribution is 2.20. The minimum absolute atomic E-state index is 0.0670. The van der Waals surface area contributed by atoms with E-state index in [4.69, 9.17) is 5.26 Å². The Morgan fingerprint density at radius 3 is 2.47 bits per heavy atom. The molecule has 0 bridgehead atoms. The van der Waals surface area contributed by atoms with Crippen molar-refractivity contribution in [2.75, 3.05) is 6.61 Å². The number of esters is 1. The van der Waals surface area contributed by atoms with Crippen molar-refractivity contribution in [2.24, 2.45) is 0 Å². The smallest absolute Gasteiger partial charge is 0.352 e. The zero-order chi connectivity index (χ0) is 14.4. The van der Waals surface area contributed by atoms with Crippen molar-refractivity contribution in [1.29, 1.82) is 5.26 Å². The van der Waals surface area contributed by atoms with E-state index in [9.17, 15) is 20.0 Å². The van der Waals surface area contributed by atoms with Gasteiger partial charge in [0.05, 0.1) is 11.5 Å². The molecular weight excluding hydrogens is 252 g/mol. The summed E-state index contributed by atoms with van der Waals surface area (Å²) >= 11 is 0. The van der Waals surface area contributed by atoms with E-state index >= 15 is 0 Å². The molecule has 1 aromatic carbocycles. The number of aliphatic hydroxyl groups excluding tert-OH is 1. The predicted molar refractivity (Wildman–Crippen MR) is 64.9 cm³/mol. The summed E-state index contributed by atoms with van der Waals surface area (Å²) in [6, 6.07) is 6.34. The second kappa shape index (κ2) is 6.16. The van der Waals surface area contributed by atoms with Crippen LogP contribution in [0.1, 0.15) is 12.5 Å². The van der Waals surface area contributed by atoms with Crippen LogP contribution in [-0.2, 0) is 9.53 Å². The summed E-state index contributed by atoms with van der Waals surface area (Å²) in [6.07, 6.45) is 0. The largest absolute Gasteiger partial charge is 0.506 e. The highest BCUT2D eigenvalue weighted by molar-refractivity contribution is 6.00. The molecule has 0 amide bonds. The fourth-order valence-electron chi connectivity index (χ4n) is 1.28. The van der Waals surface area contributed by atoms with Gasteiger partial charge in [0.15, 0.2) is 5.57 Å². The minimum atomic E-state index is -0.944. The Bertz CT molecular complexity index is 569. The molecule has 0 fully saturated rings. The van der Waals surface area contributed by atoms with Crippen LogP contribution in [0.4, 0.5) is 5.69 Å². The molecule has 0 saturated carbocycles. The van der Waals surface area contributed by atoms with Crippen LogP contribution in [0.15, 0.2) is 29.8 Å².